The molecule has 0 aromatic rings. The Morgan fingerprint density at radius 1 is 1.45 bits per heavy atom. The molecule has 1 saturated heterocycles. The zero-order valence-electron chi connectivity index (χ0n) is 7.08. The quantitative estimate of drug-likeness (QED) is 0.635. The zero-order valence-corrected chi connectivity index (χ0v) is 7.89. The highest BCUT2D eigenvalue weighted by atomic mass is 32.2. The molecule has 66 valence electrons. The van der Waals surface area contributed by atoms with E-state index in [0.29, 0.717) is 18.1 Å². The molecular weight excluding hydrogens is 162 g/mol. The maximum absolute atomic E-state index is 11.3. The molecule has 11 heavy (non-hydrogen) atoms. The number of sulfonamides is 1. The highest BCUT2D eigenvalue weighted by molar-refractivity contribution is 7.89. The zero-order chi connectivity index (χ0) is 8.48. The number of hydrogen-bond donors (Lipinski definition) is 0. The third-order valence-electron chi connectivity index (χ3n) is 1.89. The van der Waals surface area contributed by atoms with Crippen molar-refractivity contribution >= 4 is 10.0 Å². The van der Waals surface area contributed by atoms with E-state index in [-0.39, 0.29) is 0 Å². The fourth-order valence-electron chi connectivity index (χ4n) is 1.26. The Morgan fingerprint density at radius 2 is 2.00 bits per heavy atom. The summed E-state index contributed by atoms with van der Waals surface area (Å²) in [6, 6.07) is 0. The Labute approximate surface area is 68.4 Å². The highest BCUT2D eigenvalue weighted by Crippen LogP contribution is 2.18. The van der Waals surface area contributed by atoms with Crippen molar-refractivity contribution in [2.24, 2.45) is 5.92 Å². The number of hydrogen-bond acceptors (Lipinski definition) is 2. The van der Waals surface area contributed by atoms with Crippen molar-refractivity contribution in [2.75, 3.05) is 18.8 Å². The van der Waals surface area contributed by atoms with E-state index >= 15 is 0 Å². The molecule has 0 spiro atoms. The van der Waals surface area contributed by atoms with Gasteiger partial charge in [0.1, 0.15) is 0 Å². The maximum atomic E-state index is 11.3. The number of nitrogens with zero attached hydrogens (tertiary/aromatic N) is 1. The monoisotopic (exact) mass is 177 g/mol. The van der Waals surface area contributed by atoms with E-state index in [1.807, 2.05) is 6.92 Å². The molecule has 3 nitrogen and oxygen atoms in total. The van der Waals surface area contributed by atoms with Crippen LogP contribution in [0.3, 0.4) is 0 Å². The molecule has 1 rings (SSSR count). The van der Waals surface area contributed by atoms with Gasteiger partial charge in [-0.25, -0.2) is 12.7 Å². The second-order valence-corrected chi connectivity index (χ2v) is 5.33. The topological polar surface area (TPSA) is 37.4 Å². The summed E-state index contributed by atoms with van der Waals surface area (Å²) in [5, 5.41) is 0. The lowest BCUT2D eigenvalue weighted by atomic mass is 10.1. The predicted octanol–water partition coefficient (Wildman–Crippen LogP) is 0.678. The minimum absolute atomic E-state index is 0.305. The highest BCUT2D eigenvalue weighted by Gasteiger charge is 2.31. The molecule has 0 aromatic heterocycles. The van der Waals surface area contributed by atoms with Crippen molar-refractivity contribution in [3.05, 3.63) is 0 Å². The molecule has 0 bridgehead atoms. The Kier molecular flexibility index (Phi) is 2.54. The summed E-state index contributed by atoms with van der Waals surface area (Å²) >= 11 is 0. The summed E-state index contributed by atoms with van der Waals surface area (Å²) < 4.78 is 24.1. The molecule has 1 fully saturated rings. The normalized spacial score (nSPS) is 21.6. The van der Waals surface area contributed by atoms with Crippen LogP contribution >= 0.6 is 0 Å². The molecule has 0 unspecified atom stereocenters. The average Bonchev–Trinajstić information content (AvgIpc) is 1.81. The van der Waals surface area contributed by atoms with Crippen LogP contribution in [-0.4, -0.2) is 31.6 Å². The summed E-state index contributed by atoms with van der Waals surface area (Å²) in [5.41, 5.74) is 0. The van der Waals surface area contributed by atoms with Gasteiger partial charge in [-0.15, -0.1) is 0 Å². The third kappa shape index (κ3) is 1.93. The summed E-state index contributed by atoms with van der Waals surface area (Å²) in [6.07, 6.45) is 0.715. The van der Waals surface area contributed by atoms with Crippen molar-refractivity contribution in [3.8, 4) is 0 Å². The van der Waals surface area contributed by atoms with Crippen molar-refractivity contribution < 1.29 is 8.42 Å². The Balaban J connectivity index is 2.47. The molecule has 0 atom stereocenters. The van der Waals surface area contributed by atoms with Gasteiger partial charge < -0.3 is 0 Å². The average molecular weight is 177 g/mol. The van der Waals surface area contributed by atoms with Crippen LogP contribution < -0.4 is 0 Å². The third-order valence-corrected chi connectivity index (χ3v) is 3.90. The lowest BCUT2D eigenvalue weighted by Gasteiger charge is -2.35. The molecular formula is C7H15NO2S. The van der Waals surface area contributed by atoms with Gasteiger partial charge in [-0.05, 0) is 12.3 Å². The molecule has 1 aliphatic heterocycles. The van der Waals surface area contributed by atoms with E-state index in [4.69, 9.17) is 0 Å². The smallest absolute Gasteiger partial charge is 0.212 e. The van der Waals surface area contributed by atoms with E-state index in [0.717, 1.165) is 13.1 Å². The van der Waals surface area contributed by atoms with Crippen molar-refractivity contribution in [2.45, 2.75) is 20.3 Å². The molecule has 0 aliphatic carbocycles. The molecule has 0 N–H and O–H groups in total. The van der Waals surface area contributed by atoms with Crippen LogP contribution in [0.2, 0.25) is 0 Å². The first-order valence-electron chi connectivity index (χ1n) is 4.04. The van der Waals surface area contributed by atoms with Gasteiger partial charge in [-0.3, -0.25) is 0 Å². The van der Waals surface area contributed by atoms with Crippen LogP contribution in [0.5, 0.6) is 0 Å². The van der Waals surface area contributed by atoms with Gasteiger partial charge in [-0.2, -0.15) is 0 Å². The van der Waals surface area contributed by atoms with Crippen LogP contribution in [0.1, 0.15) is 20.3 Å². The van der Waals surface area contributed by atoms with Gasteiger partial charge in [0.05, 0.1) is 5.75 Å². The van der Waals surface area contributed by atoms with Crippen LogP contribution in [0.4, 0.5) is 0 Å². The first-order valence-corrected chi connectivity index (χ1v) is 5.65. The van der Waals surface area contributed by atoms with Gasteiger partial charge in [0.15, 0.2) is 0 Å². The molecule has 1 aliphatic rings. The summed E-state index contributed by atoms with van der Waals surface area (Å²) in [6.45, 7) is 5.41. The lowest BCUT2D eigenvalue weighted by Crippen LogP contribution is -2.49. The van der Waals surface area contributed by atoms with Gasteiger partial charge in [0.2, 0.25) is 10.0 Å². The van der Waals surface area contributed by atoms with Crippen molar-refractivity contribution in [1.29, 1.82) is 0 Å². The standard InChI is InChI=1S/C7H15NO2S/c1-3-4-11(9,10)8-5-7(2)6-8/h7H,3-6H2,1-2H3. The summed E-state index contributed by atoms with van der Waals surface area (Å²) in [5.74, 6) is 0.862. The van der Waals surface area contributed by atoms with E-state index in [1.54, 1.807) is 4.31 Å². The fourth-order valence-corrected chi connectivity index (χ4v) is 2.99. The molecule has 0 radical (unpaired) electrons. The summed E-state index contributed by atoms with van der Waals surface area (Å²) in [7, 11) is -2.87. The van der Waals surface area contributed by atoms with Gasteiger partial charge >= 0.3 is 0 Å². The summed E-state index contributed by atoms with van der Waals surface area (Å²) in [4.78, 5) is 0. The van der Waals surface area contributed by atoms with Crippen molar-refractivity contribution in [1.82, 2.24) is 4.31 Å². The SMILES string of the molecule is CCCS(=O)(=O)N1CC(C)C1. The molecule has 0 amide bonds. The van der Waals surface area contributed by atoms with Gasteiger partial charge in [-0.1, -0.05) is 13.8 Å². The van der Waals surface area contributed by atoms with Crippen LogP contribution in [0, 0.1) is 5.92 Å². The molecule has 0 aromatic carbocycles. The Morgan fingerprint density at radius 3 is 2.36 bits per heavy atom. The Bertz CT molecular complexity index is 217. The van der Waals surface area contributed by atoms with Crippen LogP contribution in [0.25, 0.3) is 0 Å². The number of rotatable bonds is 3. The lowest BCUT2D eigenvalue weighted by molar-refractivity contribution is 0.218. The van der Waals surface area contributed by atoms with E-state index in [1.165, 1.54) is 0 Å². The van der Waals surface area contributed by atoms with E-state index in [2.05, 4.69) is 6.92 Å². The predicted molar refractivity (Wildman–Crippen MR) is 44.8 cm³/mol. The molecule has 0 saturated carbocycles. The van der Waals surface area contributed by atoms with E-state index < -0.39 is 10.0 Å². The minimum Gasteiger partial charge on any atom is -0.212 e. The minimum atomic E-state index is -2.87. The maximum Gasteiger partial charge on any atom is 0.214 e. The largest absolute Gasteiger partial charge is 0.214 e. The van der Waals surface area contributed by atoms with Crippen LogP contribution in [-0.2, 0) is 10.0 Å². The second-order valence-electron chi connectivity index (χ2n) is 3.24. The van der Waals surface area contributed by atoms with Crippen molar-refractivity contribution in [3.63, 3.8) is 0 Å². The van der Waals surface area contributed by atoms with E-state index in [9.17, 15) is 8.42 Å². The first-order chi connectivity index (χ1) is 5.06. The fraction of sp³-hybridized carbons (Fsp3) is 1.00. The van der Waals surface area contributed by atoms with Gasteiger partial charge in [0, 0.05) is 13.1 Å². The second kappa shape index (κ2) is 3.11. The molecule has 1 heterocycles. The molecule has 4 heteroatoms. The first kappa shape index (κ1) is 9.00. The van der Waals surface area contributed by atoms with Gasteiger partial charge in [0.25, 0.3) is 0 Å². The van der Waals surface area contributed by atoms with Crippen LogP contribution in [0.15, 0.2) is 0 Å². The Hall–Kier alpha value is -0.0900.